The van der Waals surface area contributed by atoms with Crippen LogP contribution in [0.25, 0.3) is 11.3 Å². The summed E-state index contributed by atoms with van der Waals surface area (Å²) in [5.41, 5.74) is 9.12. The number of hydrogen-bond donors (Lipinski definition) is 2. The predicted molar refractivity (Wildman–Crippen MR) is 79.8 cm³/mol. The number of nitrogens with two attached hydrogens (primary N) is 1. The van der Waals surface area contributed by atoms with Gasteiger partial charge in [-0.05, 0) is 32.0 Å². The summed E-state index contributed by atoms with van der Waals surface area (Å²) >= 11 is 0. The maximum Gasteiger partial charge on any atom is 0.131 e. The molecule has 0 unspecified atom stereocenters. The molecule has 2 aromatic rings. The lowest BCUT2D eigenvalue weighted by Crippen LogP contribution is -2.36. The van der Waals surface area contributed by atoms with Crippen molar-refractivity contribution in [3.63, 3.8) is 0 Å². The summed E-state index contributed by atoms with van der Waals surface area (Å²) in [6.07, 6.45) is 1.44. The molecule has 108 valence electrons. The van der Waals surface area contributed by atoms with Crippen molar-refractivity contribution in [1.29, 1.82) is 0 Å². The van der Waals surface area contributed by atoms with Crippen LogP contribution in [-0.4, -0.2) is 28.0 Å². The van der Waals surface area contributed by atoms with Crippen LogP contribution in [0.5, 0.6) is 5.75 Å². The number of ether oxygens (including phenoxy) is 1. The molecule has 0 saturated carbocycles. The van der Waals surface area contributed by atoms with Crippen molar-refractivity contribution in [2.75, 3.05) is 12.8 Å². The number of rotatable bonds is 1. The fraction of sp³-hybridized carbons (Fsp3) is 0.267. The van der Waals surface area contributed by atoms with Crippen LogP contribution in [0.2, 0.25) is 0 Å². The van der Waals surface area contributed by atoms with E-state index in [-0.39, 0.29) is 0 Å². The number of methoxy groups -OCH3 is 1. The molecule has 0 spiro atoms. The largest absolute Gasteiger partial charge is 0.497 e. The van der Waals surface area contributed by atoms with Gasteiger partial charge in [0.1, 0.15) is 17.9 Å². The van der Waals surface area contributed by atoms with E-state index in [9.17, 15) is 5.21 Å². The maximum atomic E-state index is 9.52. The van der Waals surface area contributed by atoms with Crippen molar-refractivity contribution in [3.8, 4) is 17.0 Å². The van der Waals surface area contributed by atoms with Gasteiger partial charge in [-0.15, -0.1) is 0 Å². The van der Waals surface area contributed by atoms with Gasteiger partial charge in [-0.1, -0.05) is 5.16 Å². The molecule has 0 bridgehead atoms. The van der Waals surface area contributed by atoms with Gasteiger partial charge in [0.05, 0.1) is 18.5 Å². The smallest absolute Gasteiger partial charge is 0.131 e. The molecular formula is C15H16N4O2. The zero-order chi connectivity index (χ0) is 15.2. The molecule has 0 atom stereocenters. The quantitative estimate of drug-likeness (QED) is 0.618. The lowest BCUT2D eigenvalue weighted by molar-refractivity contribution is 0.314. The van der Waals surface area contributed by atoms with Gasteiger partial charge in [0.25, 0.3) is 0 Å². The Kier molecular flexibility index (Phi) is 2.83. The summed E-state index contributed by atoms with van der Waals surface area (Å²) in [5.74, 6) is 1.09. The van der Waals surface area contributed by atoms with Crippen LogP contribution in [0.15, 0.2) is 29.7 Å². The van der Waals surface area contributed by atoms with Crippen molar-refractivity contribution in [3.05, 3.63) is 35.7 Å². The van der Waals surface area contributed by atoms with Gasteiger partial charge in [0, 0.05) is 22.1 Å². The highest BCUT2D eigenvalue weighted by molar-refractivity contribution is 6.15. The minimum absolute atomic E-state index is 0.396. The summed E-state index contributed by atoms with van der Waals surface area (Å²) in [5, 5.41) is 13.0. The molecular weight excluding hydrogens is 268 g/mol. The Balaban J connectivity index is 2.42. The monoisotopic (exact) mass is 284 g/mol. The van der Waals surface area contributed by atoms with Gasteiger partial charge in [0.2, 0.25) is 0 Å². The number of hydrogen-bond acceptors (Lipinski definition) is 6. The lowest BCUT2D eigenvalue weighted by atomic mass is 9.70. The molecule has 1 heterocycles. The molecule has 0 saturated heterocycles. The van der Waals surface area contributed by atoms with Gasteiger partial charge in [-0.25, -0.2) is 9.97 Å². The molecule has 0 fully saturated rings. The second-order valence-corrected chi connectivity index (χ2v) is 5.47. The van der Waals surface area contributed by atoms with Gasteiger partial charge < -0.3 is 15.7 Å². The van der Waals surface area contributed by atoms with Gasteiger partial charge in [-0.2, -0.15) is 0 Å². The predicted octanol–water partition coefficient (Wildman–Crippen LogP) is 2.20. The molecule has 21 heavy (non-hydrogen) atoms. The fourth-order valence-electron chi connectivity index (χ4n) is 2.91. The Morgan fingerprint density at radius 1 is 1.24 bits per heavy atom. The average Bonchev–Trinajstić information content (AvgIpc) is 2.46. The SMILES string of the molecule is COc1ccc2c(c1)C(=NO)C(C)(C)c1c(N)ncnc1-2. The molecule has 1 aromatic heterocycles. The summed E-state index contributed by atoms with van der Waals surface area (Å²) in [6, 6.07) is 5.57. The molecule has 6 heteroatoms. The van der Waals surface area contributed by atoms with Crippen molar-refractivity contribution in [2.24, 2.45) is 5.16 Å². The first kappa shape index (κ1) is 13.4. The highest BCUT2D eigenvalue weighted by atomic mass is 16.5. The Labute approximate surface area is 122 Å². The van der Waals surface area contributed by atoms with Crippen molar-refractivity contribution < 1.29 is 9.94 Å². The first-order chi connectivity index (χ1) is 10.0. The molecule has 0 radical (unpaired) electrons. The molecule has 1 aromatic carbocycles. The highest BCUT2D eigenvalue weighted by Gasteiger charge is 2.40. The zero-order valence-electron chi connectivity index (χ0n) is 12.1. The van der Waals surface area contributed by atoms with Gasteiger partial charge in [-0.3, -0.25) is 0 Å². The standard InChI is InChI=1S/C15H16N4O2/c1-15(2)11-12(17-7-18-14(11)16)9-5-4-8(21-3)6-10(9)13(15)19-20/h4-7,20H,1-3H3,(H2,16,17,18). The van der Waals surface area contributed by atoms with Crippen LogP contribution in [-0.2, 0) is 5.41 Å². The minimum atomic E-state index is -0.602. The number of anilines is 1. The van der Waals surface area contributed by atoms with Crippen molar-refractivity contribution >= 4 is 11.5 Å². The van der Waals surface area contributed by atoms with E-state index >= 15 is 0 Å². The highest BCUT2D eigenvalue weighted by Crippen LogP contribution is 2.44. The fourth-order valence-corrected chi connectivity index (χ4v) is 2.91. The number of aromatic nitrogens is 2. The molecule has 1 aliphatic rings. The first-order valence-corrected chi connectivity index (χ1v) is 6.53. The van der Waals surface area contributed by atoms with Crippen LogP contribution >= 0.6 is 0 Å². The number of nitrogen functional groups attached to an aromatic ring is 1. The third kappa shape index (κ3) is 1.75. The number of oxime groups is 1. The van der Waals surface area contributed by atoms with E-state index < -0.39 is 5.41 Å². The van der Waals surface area contributed by atoms with Crippen LogP contribution < -0.4 is 10.5 Å². The zero-order valence-corrected chi connectivity index (χ0v) is 12.1. The van der Waals surface area contributed by atoms with E-state index in [1.165, 1.54) is 6.33 Å². The van der Waals surface area contributed by atoms with Crippen LogP contribution in [0, 0.1) is 0 Å². The third-order valence-electron chi connectivity index (χ3n) is 3.93. The summed E-state index contributed by atoms with van der Waals surface area (Å²) in [6.45, 7) is 3.87. The second-order valence-electron chi connectivity index (χ2n) is 5.47. The molecule has 1 aliphatic carbocycles. The van der Waals surface area contributed by atoms with Gasteiger partial charge in [0.15, 0.2) is 0 Å². The first-order valence-electron chi connectivity index (χ1n) is 6.53. The third-order valence-corrected chi connectivity index (χ3v) is 3.93. The molecule has 3 N–H and O–H groups in total. The number of nitrogens with zero attached hydrogens (tertiary/aromatic N) is 3. The van der Waals surface area contributed by atoms with Crippen LogP contribution in [0.4, 0.5) is 5.82 Å². The minimum Gasteiger partial charge on any atom is -0.497 e. The van der Waals surface area contributed by atoms with Gasteiger partial charge >= 0.3 is 0 Å². The van der Waals surface area contributed by atoms with E-state index in [0.29, 0.717) is 17.3 Å². The van der Waals surface area contributed by atoms with Crippen molar-refractivity contribution in [2.45, 2.75) is 19.3 Å². The van der Waals surface area contributed by atoms with Crippen LogP contribution in [0.1, 0.15) is 25.0 Å². The van der Waals surface area contributed by atoms with E-state index in [2.05, 4.69) is 15.1 Å². The Morgan fingerprint density at radius 2 is 2.00 bits per heavy atom. The van der Waals surface area contributed by atoms with E-state index in [1.807, 2.05) is 32.0 Å². The molecule has 0 amide bonds. The number of fused-ring (bicyclic) bond motifs is 3. The maximum absolute atomic E-state index is 9.52. The Bertz CT molecular complexity index is 753. The molecule has 6 nitrogen and oxygen atoms in total. The van der Waals surface area contributed by atoms with Crippen molar-refractivity contribution in [1.82, 2.24) is 9.97 Å². The normalized spacial score (nSPS) is 17.2. The molecule has 0 aliphatic heterocycles. The molecule has 3 rings (SSSR count). The topological polar surface area (TPSA) is 93.6 Å². The summed E-state index contributed by atoms with van der Waals surface area (Å²) in [4.78, 5) is 8.44. The van der Waals surface area contributed by atoms with E-state index in [1.54, 1.807) is 7.11 Å². The second kappa shape index (κ2) is 4.44. The van der Waals surface area contributed by atoms with E-state index in [4.69, 9.17) is 10.5 Å². The Hall–Kier alpha value is -2.63. The van der Waals surface area contributed by atoms with E-state index in [0.717, 1.165) is 22.4 Å². The average molecular weight is 284 g/mol. The number of benzene rings is 1. The Morgan fingerprint density at radius 3 is 2.67 bits per heavy atom. The summed E-state index contributed by atoms with van der Waals surface area (Å²) < 4.78 is 5.26. The summed E-state index contributed by atoms with van der Waals surface area (Å²) in [7, 11) is 1.60. The lowest BCUT2D eigenvalue weighted by Gasteiger charge is -2.34. The van der Waals surface area contributed by atoms with Crippen LogP contribution in [0.3, 0.4) is 0 Å².